The van der Waals surface area contributed by atoms with Crippen molar-refractivity contribution in [1.29, 1.82) is 10.5 Å². The van der Waals surface area contributed by atoms with E-state index in [2.05, 4.69) is 10.5 Å². The molecule has 0 radical (unpaired) electrons. The molecule has 0 saturated heterocycles. The van der Waals surface area contributed by atoms with Gasteiger partial charge in [0, 0.05) is 0 Å². The van der Waals surface area contributed by atoms with Gasteiger partial charge in [-0.25, -0.2) is 4.79 Å². The number of aromatic carboxylic acids is 1. The minimum Gasteiger partial charge on any atom is -0.507 e. The molecule has 0 amide bonds. The second kappa shape index (κ2) is 5.14. The maximum Gasteiger partial charge on any atom is 0.339 e. The predicted molar refractivity (Wildman–Crippen MR) is 57.3 cm³/mol. The lowest BCUT2D eigenvalue weighted by atomic mass is 10.2. The number of phenols is 1. The van der Waals surface area contributed by atoms with Crippen LogP contribution in [0.4, 0.5) is 5.69 Å². The summed E-state index contributed by atoms with van der Waals surface area (Å²) in [5.74, 6) is -1.68. The number of carboxylic acid groups (broad SMARTS) is 1. The summed E-state index contributed by atoms with van der Waals surface area (Å²) in [6, 6.07) is 6.72. The quantitative estimate of drug-likeness (QED) is 0.402. The van der Waals surface area contributed by atoms with Crippen molar-refractivity contribution < 1.29 is 15.0 Å². The minimum absolute atomic E-state index is 0.239. The van der Waals surface area contributed by atoms with Crippen molar-refractivity contribution in [2.75, 3.05) is 5.43 Å². The highest BCUT2D eigenvalue weighted by Gasteiger charge is 2.09. The van der Waals surface area contributed by atoms with E-state index in [1.165, 1.54) is 24.3 Å². The van der Waals surface area contributed by atoms with Gasteiger partial charge in [0.1, 0.15) is 23.5 Å². The lowest BCUT2D eigenvalue weighted by Crippen LogP contribution is -2.00. The molecule has 0 heterocycles. The number of nitriles is 2. The summed E-state index contributed by atoms with van der Waals surface area (Å²) in [6.07, 6.45) is 0. The maximum absolute atomic E-state index is 10.7. The van der Waals surface area contributed by atoms with E-state index in [1.54, 1.807) is 0 Å². The molecule has 1 aromatic carbocycles. The van der Waals surface area contributed by atoms with E-state index < -0.39 is 11.7 Å². The number of anilines is 1. The SMILES string of the molecule is N#CC(C#N)=NNc1ccc(O)c(C(=O)O)c1. The molecule has 1 aromatic rings. The summed E-state index contributed by atoms with van der Waals surface area (Å²) < 4.78 is 0. The monoisotopic (exact) mass is 230 g/mol. The Labute approximate surface area is 95.8 Å². The standard InChI is InChI=1S/C10H6N4O3/c11-4-7(5-12)14-13-6-1-2-9(15)8(3-6)10(16)17/h1-3,13,15H,(H,16,17). The first-order valence-corrected chi connectivity index (χ1v) is 4.28. The number of rotatable bonds is 3. The van der Waals surface area contributed by atoms with E-state index in [0.717, 1.165) is 6.07 Å². The molecule has 3 N–H and O–H groups in total. The van der Waals surface area contributed by atoms with Crippen LogP contribution in [0.5, 0.6) is 5.75 Å². The molecule has 0 saturated carbocycles. The van der Waals surface area contributed by atoms with E-state index in [1.807, 2.05) is 0 Å². The van der Waals surface area contributed by atoms with Gasteiger partial charge < -0.3 is 10.2 Å². The van der Waals surface area contributed by atoms with Crippen molar-refractivity contribution >= 4 is 17.4 Å². The minimum atomic E-state index is -1.30. The molecule has 1 rings (SSSR count). The largest absolute Gasteiger partial charge is 0.507 e. The first-order chi connectivity index (χ1) is 8.08. The highest BCUT2D eigenvalue weighted by Crippen LogP contribution is 2.21. The van der Waals surface area contributed by atoms with Gasteiger partial charge in [0.05, 0.1) is 5.69 Å². The van der Waals surface area contributed by atoms with Crippen LogP contribution in [0.3, 0.4) is 0 Å². The third-order valence-corrected chi connectivity index (χ3v) is 1.74. The Balaban J connectivity index is 3.00. The van der Waals surface area contributed by atoms with Gasteiger partial charge in [-0.2, -0.15) is 15.6 Å². The number of benzene rings is 1. The number of hydrogen-bond donors (Lipinski definition) is 3. The van der Waals surface area contributed by atoms with Gasteiger partial charge >= 0.3 is 5.97 Å². The normalized spacial score (nSPS) is 8.59. The summed E-state index contributed by atoms with van der Waals surface area (Å²) >= 11 is 0. The van der Waals surface area contributed by atoms with Crippen LogP contribution in [0.25, 0.3) is 0 Å². The average Bonchev–Trinajstić information content (AvgIpc) is 2.32. The topological polar surface area (TPSA) is 130 Å². The van der Waals surface area contributed by atoms with E-state index in [9.17, 15) is 9.90 Å². The Morgan fingerprint density at radius 3 is 2.53 bits per heavy atom. The Morgan fingerprint density at radius 1 is 1.35 bits per heavy atom. The van der Waals surface area contributed by atoms with Crippen molar-refractivity contribution in [2.24, 2.45) is 5.10 Å². The Kier molecular flexibility index (Phi) is 3.63. The van der Waals surface area contributed by atoms with Gasteiger partial charge in [-0.15, -0.1) is 0 Å². The number of aromatic hydroxyl groups is 1. The fourth-order valence-corrected chi connectivity index (χ4v) is 0.972. The molecular formula is C10H6N4O3. The molecule has 0 atom stereocenters. The Hall–Kier alpha value is -3.06. The molecule has 0 bridgehead atoms. The summed E-state index contributed by atoms with van der Waals surface area (Å²) in [4.78, 5) is 10.7. The van der Waals surface area contributed by atoms with Crippen LogP contribution in [0.2, 0.25) is 0 Å². The molecule has 0 spiro atoms. The zero-order chi connectivity index (χ0) is 12.8. The van der Waals surface area contributed by atoms with Gasteiger partial charge in [0.2, 0.25) is 5.71 Å². The van der Waals surface area contributed by atoms with Crippen LogP contribution in [-0.4, -0.2) is 21.9 Å². The number of nitrogens with zero attached hydrogens (tertiary/aromatic N) is 3. The van der Waals surface area contributed by atoms with Gasteiger partial charge in [0.25, 0.3) is 0 Å². The summed E-state index contributed by atoms with van der Waals surface area (Å²) in [6.45, 7) is 0. The van der Waals surface area contributed by atoms with Crippen LogP contribution < -0.4 is 5.43 Å². The zero-order valence-electron chi connectivity index (χ0n) is 8.38. The molecule has 84 valence electrons. The van der Waals surface area contributed by atoms with Crippen molar-refractivity contribution in [2.45, 2.75) is 0 Å². The first kappa shape index (κ1) is 12.0. The zero-order valence-corrected chi connectivity index (χ0v) is 8.38. The van der Waals surface area contributed by atoms with Crippen molar-refractivity contribution in [1.82, 2.24) is 0 Å². The predicted octanol–water partition coefficient (Wildman–Crippen LogP) is 0.905. The average molecular weight is 230 g/mol. The molecule has 0 fully saturated rings. The molecule has 0 aromatic heterocycles. The highest BCUT2D eigenvalue weighted by atomic mass is 16.4. The molecule has 0 aliphatic rings. The van der Waals surface area contributed by atoms with Gasteiger partial charge in [-0.1, -0.05) is 0 Å². The molecular weight excluding hydrogens is 224 g/mol. The van der Waals surface area contributed by atoms with Crippen LogP contribution >= 0.6 is 0 Å². The van der Waals surface area contributed by atoms with E-state index in [0.29, 0.717) is 0 Å². The number of carboxylic acids is 1. The summed E-state index contributed by atoms with van der Waals surface area (Å²) in [5.41, 5.74) is 1.88. The number of hydrazone groups is 1. The van der Waals surface area contributed by atoms with Crippen molar-refractivity contribution in [3.8, 4) is 17.9 Å². The Bertz CT molecular complexity index is 550. The maximum atomic E-state index is 10.7. The lowest BCUT2D eigenvalue weighted by molar-refractivity contribution is 0.0694. The van der Waals surface area contributed by atoms with E-state index >= 15 is 0 Å². The summed E-state index contributed by atoms with van der Waals surface area (Å²) in [7, 11) is 0. The molecule has 0 unspecified atom stereocenters. The van der Waals surface area contributed by atoms with Gasteiger partial charge in [-0.3, -0.25) is 5.43 Å². The van der Waals surface area contributed by atoms with Crippen LogP contribution in [-0.2, 0) is 0 Å². The third-order valence-electron chi connectivity index (χ3n) is 1.74. The van der Waals surface area contributed by atoms with E-state index in [4.69, 9.17) is 15.6 Å². The smallest absolute Gasteiger partial charge is 0.339 e. The number of carbonyl (C=O) groups is 1. The second-order valence-electron chi connectivity index (χ2n) is 2.83. The van der Waals surface area contributed by atoms with Crippen LogP contribution in [0, 0.1) is 22.7 Å². The van der Waals surface area contributed by atoms with E-state index in [-0.39, 0.29) is 17.0 Å². The van der Waals surface area contributed by atoms with Crippen LogP contribution in [0.15, 0.2) is 23.3 Å². The molecule has 0 aliphatic carbocycles. The summed E-state index contributed by atoms with van der Waals surface area (Å²) in [5, 5.41) is 38.2. The Morgan fingerprint density at radius 2 is 2.00 bits per heavy atom. The molecule has 17 heavy (non-hydrogen) atoms. The fraction of sp³-hybridized carbons (Fsp3) is 0. The number of nitrogens with one attached hydrogen (secondary N) is 1. The van der Waals surface area contributed by atoms with Crippen LogP contribution in [0.1, 0.15) is 10.4 Å². The number of hydrogen-bond acceptors (Lipinski definition) is 6. The highest BCUT2D eigenvalue weighted by molar-refractivity contribution is 6.10. The van der Waals surface area contributed by atoms with Gasteiger partial charge in [-0.05, 0) is 18.2 Å². The third kappa shape index (κ3) is 2.94. The molecule has 7 heteroatoms. The fourth-order valence-electron chi connectivity index (χ4n) is 0.972. The second-order valence-corrected chi connectivity index (χ2v) is 2.83. The molecule has 0 aliphatic heterocycles. The first-order valence-electron chi connectivity index (χ1n) is 4.28. The molecule has 7 nitrogen and oxygen atoms in total. The van der Waals surface area contributed by atoms with Crippen molar-refractivity contribution in [3.05, 3.63) is 23.8 Å². The lowest BCUT2D eigenvalue weighted by Gasteiger charge is -2.03. The van der Waals surface area contributed by atoms with Crippen molar-refractivity contribution in [3.63, 3.8) is 0 Å². The van der Waals surface area contributed by atoms with Gasteiger partial charge in [0.15, 0.2) is 0 Å².